The highest BCUT2D eigenvalue weighted by Crippen LogP contribution is 2.26. The van der Waals surface area contributed by atoms with Gasteiger partial charge in [-0.1, -0.05) is 11.6 Å². The number of ether oxygens (including phenoxy) is 1. The first-order chi connectivity index (χ1) is 11.0. The molecule has 0 unspecified atom stereocenters. The predicted molar refractivity (Wildman–Crippen MR) is 83.7 cm³/mol. The van der Waals surface area contributed by atoms with E-state index >= 15 is 0 Å². The lowest BCUT2D eigenvalue weighted by atomic mass is 10.2. The largest absolute Gasteiger partial charge is 0.444 e. The maximum Gasteiger partial charge on any atom is 0.407 e. The van der Waals surface area contributed by atoms with Crippen molar-refractivity contribution in [1.29, 1.82) is 0 Å². The molecule has 0 radical (unpaired) electrons. The topological polar surface area (TPSA) is 108 Å². The third kappa shape index (κ3) is 3.59. The minimum Gasteiger partial charge on any atom is -0.444 e. The number of nitrogens with zero attached hydrogens (tertiary/aromatic N) is 2. The average Bonchev–Trinajstić information content (AvgIpc) is 3.12. The van der Waals surface area contributed by atoms with E-state index in [1.165, 1.54) is 6.20 Å². The molecule has 126 valence electrons. The van der Waals surface area contributed by atoms with E-state index in [1.807, 2.05) is 4.90 Å². The molecule has 1 amide bonds. The smallest absolute Gasteiger partial charge is 0.407 e. The van der Waals surface area contributed by atoms with E-state index in [-0.39, 0.29) is 17.2 Å². The van der Waals surface area contributed by atoms with Gasteiger partial charge in [0.2, 0.25) is 0 Å². The fourth-order valence-corrected chi connectivity index (χ4v) is 3.29. The Kier molecular flexibility index (Phi) is 4.72. The van der Waals surface area contributed by atoms with Crippen molar-refractivity contribution in [3.8, 4) is 0 Å². The third-order valence-electron chi connectivity index (χ3n) is 4.32. The zero-order valence-electron chi connectivity index (χ0n) is 12.5. The van der Waals surface area contributed by atoms with Gasteiger partial charge in [0.1, 0.15) is 11.1 Å². The molecular weight excluding hydrogens is 324 g/mol. The van der Waals surface area contributed by atoms with E-state index in [2.05, 4.69) is 15.5 Å². The molecule has 2 heterocycles. The van der Waals surface area contributed by atoms with Crippen LogP contribution in [0.5, 0.6) is 0 Å². The number of aliphatic hydroxyl groups excluding tert-OH is 1. The van der Waals surface area contributed by atoms with Crippen molar-refractivity contribution >= 4 is 23.4 Å². The van der Waals surface area contributed by atoms with Crippen LogP contribution < -0.4 is 15.8 Å². The highest BCUT2D eigenvalue weighted by molar-refractivity contribution is 6.33. The fraction of sp³-hybridized carbons (Fsp3) is 0.643. The molecule has 1 aliphatic carbocycles. The molecule has 1 saturated carbocycles. The fourth-order valence-electron chi connectivity index (χ4n) is 3.08. The molecule has 2 aliphatic rings. The second-order valence-corrected chi connectivity index (χ2v) is 6.29. The van der Waals surface area contributed by atoms with Crippen molar-refractivity contribution in [2.75, 3.05) is 18.0 Å². The van der Waals surface area contributed by atoms with Crippen LogP contribution in [0, 0.1) is 0 Å². The molecule has 3 N–H and O–H groups in total. The van der Waals surface area contributed by atoms with E-state index in [0.29, 0.717) is 31.6 Å². The van der Waals surface area contributed by atoms with E-state index in [0.717, 1.165) is 12.8 Å². The summed E-state index contributed by atoms with van der Waals surface area (Å²) in [6, 6.07) is -0.230. The molecule has 1 aliphatic heterocycles. The van der Waals surface area contributed by atoms with Crippen molar-refractivity contribution < 1.29 is 14.6 Å². The second kappa shape index (κ2) is 6.76. The van der Waals surface area contributed by atoms with E-state index < -0.39 is 17.8 Å². The van der Waals surface area contributed by atoms with Gasteiger partial charge in [-0.15, -0.1) is 0 Å². The zero-order chi connectivity index (χ0) is 16.4. The van der Waals surface area contributed by atoms with Crippen molar-refractivity contribution in [1.82, 2.24) is 15.5 Å². The summed E-state index contributed by atoms with van der Waals surface area (Å²) in [7, 11) is 0. The molecule has 9 heteroatoms. The Hall–Kier alpha value is -1.80. The number of hydrogen-bond acceptors (Lipinski definition) is 6. The van der Waals surface area contributed by atoms with Gasteiger partial charge in [-0.3, -0.25) is 4.79 Å². The SMILES string of the molecule is O=C(N[C@@H]1CCC[C@H]1O)O[C@@H]1CCN(c2cn[nH]c(=O)c2Cl)C1. The van der Waals surface area contributed by atoms with Gasteiger partial charge < -0.3 is 20.1 Å². The van der Waals surface area contributed by atoms with Crippen LogP contribution in [-0.4, -0.2) is 52.7 Å². The minimum atomic E-state index is -0.516. The first-order valence-corrected chi connectivity index (χ1v) is 8.05. The Morgan fingerprint density at radius 3 is 3.04 bits per heavy atom. The molecule has 0 bridgehead atoms. The molecule has 1 aromatic rings. The Bertz CT molecular complexity index is 637. The van der Waals surface area contributed by atoms with Crippen LogP contribution >= 0.6 is 11.6 Å². The third-order valence-corrected chi connectivity index (χ3v) is 4.68. The number of carbonyl (C=O) groups excluding carboxylic acids is 1. The quantitative estimate of drug-likeness (QED) is 0.744. The van der Waals surface area contributed by atoms with Crippen LogP contribution in [0.2, 0.25) is 5.02 Å². The molecule has 1 aromatic heterocycles. The van der Waals surface area contributed by atoms with Crippen LogP contribution in [0.25, 0.3) is 0 Å². The first kappa shape index (κ1) is 16.1. The molecular formula is C14H19ClN4O4. The summed E-state index contributed by atoms with van der Waals surface area (Å²) in [5, 5.41) is 18.5. The number of amides is 1. The van der Waals surface area contributed by atoms with Crippen molar-refractivity contribution in [2.45, 2.75) is 43.9 Å². The number of aliphatic hydroxyl groups is 1. The minimum absolute atomic E-state index is 0.0826. The lowest BCUT2D eigenvalue weighted by Crippen LogP contribution is -2.41. The maximum atomic E-state index is 11.9. The lowest BCUT2D eigenvalue weighted by Gasteiger charge is -2.20. The zero-order valence-corrected chi connectivity index (χ0v) is 13.3. The standard InChI is InChI=1S/C14H19ClN4O4/c15-12-10(6-16-18-13(12)21)19-5-4-8(7-19)23-14(22)17-9-2-1-3-11(9)20/h6,8-9,11,20H,1-5,7H2,(H,17,22)(H,18,21)/t8-,9-,11-/m1/s1. The molecule has 3 rings (SSSR count). The summed E-state index contributed by atoms with van der Waals surface area (Å²) >= 11 is 5.98. The Labute approximate surface area is 137 Å². The van der Waals surface area contributed by atoms with E-state index in [9.17, 15) is 14.7 Å². The summed E-state index contributed by atoms with van der Waals surface area (Å²) < 4.78 is 5.39. The lowest BCUT2D eigenvalue weighted by molar-refractivity contribution is 0.0916. The van der Waals surface area contributed by atoms with E-state index in [1.54, 1.807) is 0 Å². The normalized spacial score (nSPS) is 27.2. The van der Waals surface area contributed by atoms with Crippen LogP contribution in [-0.2, 0) is 4.74 Å². The summed E-state index contributed by atoms with van der Waals surface area (Å²) in [6.45, 7) is 1.07. The summed E-state index contributed by atoms with van der Waals surface area (Å²) in [5.41, 5.74) is 0.0923. The molecule has 8 nitrogen and oxygen atoms in total. The second-order valence-electron chi connectivity index (χ2n) is 5.91. The van der Waals surface area contributed by atoms with Gasteiger partial charge >= 0.3 is 6.09 Å². The van der Waals surface area contributed by atoms with Crippen LogP contribution in [0.4, 0.5) is 10.5 Å². The van der Waals surface area contributed by atoms with Crippen molar-refractivity contribution in [3.05, 3.63) is 21.6 Å². The number of nitrogens with one attached hydrogen (secondary N) is 2. The highest BCUT2D eigenvalue weighted by Gasteiger charge is 2.31. The number of aromatic nitrogens is 2. The number of hydrogen-bond donors (Lipinski definition) is 3. The summed E-state index contributed by atoms with van der Waals surface area (Å²) in [4.78, 5) is 25.3. The van der Waals surface area contributed by atoms with Gasteiger partial charge in [-0.25, -0.2) is 9.89 Å². The molecule has 3 atom stereocenters. The molecule has 1 saturated heterocycles. The van der Waals surface area contributed by atoms with Gasteiger partial charge in [0, 0.05) is 13.0 Å². The maximum absolute atomic E-state index is 11.9. The molecule has 0 aromatic carbocycles. The van der Waals surface area contributed by atoms with Crippen LogP contribution in [0.15, 0.2) is 11.0 Å². The Morgan fingerprint density at radius 2 is 2.30 bits per heavy atom. The monoisotopic (exact) mass is 342 g/mol. The Morgan fingerprint density at radius 1 is 1.48 bits per heavy atom. The van der Waals surface area contributed by atoms with Gasteiger partial charge in [-0.05, 0) is 19.3 Å². The van der Waals surface area contributed by atoms with Gasteiger partial charge in [0.05, 0.1) is 30.6 Å². The highest BCUT2D eigenvalue weighted by atomic mass is 35.5. The van der Waals surface area contributed by atoms with Gasteiger partial charge in [0.25, 0.3) is 5.56 Å². The van der Waals surface area contributed by atoms with Crippen molar-refractivity contribution in [2.24, 2.45) is 0 Å². The number of aromatic amines is 1. The van der Waals surface area contributed by atoms with Crippen LogP contribution in [0.3, 0.4) is 0 Å². The predicted octanol–water partition coefficient (Wildman–Crippen LogP) is 0.642. The first-order valence-electron chi connectivity index (χ1n) is 7.68. The average molecular weight is 343 g/mol. The summed E-state index contributed by atoms with van der Waals surface area (Å²) in [6.07, 6.45) is 3.20. The molecule has 0 spiro atoms. The van der Waals surface area contributed by atoms with E-state index in [4.69, 9.17) is 16.3 Å². The molecule has 2 fully saturated rings. The number of alkyl carbamates (subject to hydrolysis) is 1. The number of carbonyl (C=O) groups is 1. The van der Waals surface area contributed by atoms with Gasteiger partial charge in [0.15, 0.2) is 0 Å². The number of anilines is 1. The van der Waals surface area contributed by atoms with Crippen molar-refractivity contribution in [3.63, 3.8) is 0 Å². The van der Waals surface area contributed by atoms with Gasteiger partial charge in [-0.2, -0.15) is 5.10 Å². The number of H-pyrrole nitrogens is 1. The Balaban J connectivity index is 1.54. The summed E-state index contributed by atoms with van der Waals surface area (Å²) in [5.74, 6) is 0. The number of halogens is 1. The van der Waals surface area contributed by atoms with Crippen LogP contribution in [0.1, 0.15) is 25.7 Å². The molecule has 23 heavy (non-hydrogen) atoms. The number of rotatable bonds is 3.